The van der Waals surface area contributed by atoms with Gasteiger partial charge in [-0.25, -0.2) is 4.68 Å². The highest BCUT2D eigenvalue weighted by Crippen LogP contribution is 2.38. The average Bonchev–Trinajstić information content (AvgIpc) is 3.69. The number of amides is 1. The van der Waals surface area contributed by atoms with E-state index in [1.165, 1.54) is 5.56 Å². The molecular formula is C35H40Cl2N4OS. The average molecular weight is 636 g/mol. The predicted octanol–water partition coefficient (Wildman–Crippen LogP) is 9.50. The Morgan fingerprint density at radius 1 is 0.977 bits per heavy atom. The number of halogens is 2. The van der Waals surface area contributed by atoms with Crippen LogP contribution < -0.4 is 0 Å². The maximum Gasteiger partial charge on any atom is 0.273 e. The van der Waals surface area contributed by atoms with Gasteiger partial charge in [0, 0.05) is 24.1 Å². The van der Waals surface area contributed by atoms with Gasteiger partial charge in [-0.2, -0.15) is 10.1 Å². The standard InChI is InChI=1S/C31H28Cl2N4OS.2C2H6/c1-5-23-27(29-34-30(38)31(2,3)36(29)4)35-37(25-17-15-21(32)19-24(25)33)28(23)26-18-16-22(39-26)14-10-9-13-20-11-7-6-8-12-20;2*1-2/h6-8,11-12,15-19H,5,9,13H2,1-4H3;2*1-2H3. The van der Waals surface area contributed by atoms with Crippen LogP contribution in [0.4, 0.5) is 0 Å². The molecule has 1 amide bonds. The fourth-order valence-corrected chi connectivity index (χ4v) is 5.93. The summed E-state index contributed by atoms with van der Waals surface area (Å²) in [4.78, 5) is 21.0. The van der Waals surface area contributed by atoms with Gasteiger partial charge in [0.1, 0.15) is 11.2 Å². The fraction of sp³-hybridized carbons (Fsp3) is 0.343. The lowest BCUT2D eigenvalue weighted by molar-refractivity contribution is -0.123. The molecule has 226 valence electrons. The Morgan fingerprint density at radius 3 is 2.28 bits per heavy atom. The van der Waals surface area contributed by atoms with Crippen LogP contribution in [-0.2, 0) is 17.6 Å². The summed E-state index contributed by atoms with van der Waals surface area (Å²) in [5.41, 5.74) is 3.81. The first kappa shape index (κ1) is 34.1. The number of rotatable bonds is 6. The van der Waals surface area contributed by atoms with Crippen molar-refractivity contribution in [3.63, 3.8) is 0 Å². The molecule has 0 bridgehead atoms. The van der Waals surface area contributed by atoms with Crippen LogP contribution in [0.5, 0.6) is 0 Å². The monoisotopic (exact) mass is 634 g/mol. The van der Waals surface area contributed by atoms with Gasteiger partial charge in [0.05, 0.1) is 26.2 Å². The Labute approximate surface area is 270 Å². The first-order valence-corrected chi connectivity index (χ1v) is 16.4. The number of hydrogen-bond donors (Lipinski definition) is 0. The van der Waals surface area contributed by atoms with Crippen molar-refractivity contribution in [1.82, 2.24) is 14.7 Å². The van der Waals surface area contributed by atoms with Crippen molar-refractivity contribution in [3.8, 4) is 28.1 Å². The van der Waals surface area contributed by atoms with Crippen LogP contribution in [0.25, 0.3) is 16.3 Å². The van der Waals surface area contributed by atoms with Gasteiger partial charge >= 0.3 is 0 Å². The number of aryl methyl sites for hydroxylation is 1. The zero-order chi connectivity index (χ0) is 31.7. The molecular weight excluding hydrogens is 595 g/mol. The van der Waals surface area contributed by atoms with Gasteiger partial charge in [0.2, 0.25) is 0 Å². The molecule has 0 saturated carbocycles. The largest absolute Gasteiger partial charge is 0.343 e. The molecule has 8 heteroatoms. The lowest BCUT2D eigenvalue weighted by Crippen LogP contribution is -2.44. The summed E-state index contributed by atoms with van der Waals surface area (Å²) >= 11 is 14.5. The number of carbonyl (C=O) groups is 1. The molecule has 3 heterocycles. The molecule has 0 atom stereocenters. The third-order valence-corrected chi connectivity index (χ3v) is 8.55. The highest BCUT2D eigenvalue weighted by atomic mass is 35.5. The Morgan fingerprint density at radius 2 is 1.67 bits per heavy atom. The Balaban J connectivity index is 0.00000121. The van der Waals surface area contributed by atoms with Gasteiger partial charge in [0.15, 0.2) is 5.84 Å². The second kappa shape index (κ2) is 15.4. The van der Waals surface area contributed by atoms with Crippen molar-refractivity contribution >= 4 is 46.3 Å². The van der Waals surface area contributed by atoms with Crippen molar-refractivity contribution < 1.29 is 4.79 Å². The van der Waals surface area contributed by atoms with Crippen molar-refractivity contribution in [2.45, 2.75) is 73.3 Å². The molecule has 1 aliphatic rings. The first-order valence-electron chi connectivity index (χ1n) is 14.8. The third kappa shape index (κ3) is 7.41. The smallest absolute Gasteiger partial charge is 0.273 e. The van der Waals surface area contributed by atoms with E-state index in [1.807, 2.05) is 76.4 Å². The molecule has 43 heavy (non-hydrogen) atoms. The van der Waals surface area contributed by atoms with Crippen LogP contribution in [0.2, 0.25) is 10.0 Å². The summed E-state index contributed by atoms with van der Waals surface area (Å²) in [6, 6.07) is 19.8. The number of aliphatic imine (C=N–C) groups is 1. The summed E-state index contributed by atoms with van der Waals surface area (Å²) in [5.74, 6) is 7.01. The van der Waals surface area contributed by atoms with E-state index in [2.05, 4.69) is 54.1 Å². The van der Waals surface area contributed by atoms with Gasteiger partial charge < -0.3 is 4.90 Å². The summed E-state index contributed by atoms with van der Waals surface area (Å²) in [7, 11) is 1.88. The SMILES string of the molecule is CC.CC.CCc1c(C2=NC(=O)C(C)(C)N2C)nn(-c2ccc(Cl)cc2Cl)c1-c1ccc(C#CCCc2ccccc2)s1. The van der Waals surface area contributed by atoms with E-state index < -0.39 is 5.54 Å². The van der Waals surface area contributed by atoms with Gasteiger partial charge in [-0.1, -0.05) is 100.0 Å². The van der Waals surface area contributed by atoms with E-state index in [0.717, 1.165) is 33.9 Å². The Kier molecular flexibility index (Phi) is 12.2. The van der Waals surface area contributed by atoms with E-state index in [0.29, 0.717) is 33.7 Å². The first-order chi connectivity index (χ1) is 20.7. The van der Waals surface area contributed by atoms with Crippen LogP contribution in [0, 0.1) is 11.8 Å². The zero-order valence-electron chi connectivity index (χ0n) is 26.3. The minimum absolute atomic E-state index is 0.188. The molecule has 0 aliphatic carbocycles. The minimum Gasteiger partial charge on any atom is -0.343 e. The highest BCUT2D eigenvalue weighted by molar-refractivity contribution is 7.16. The molecule has 0 radical (unpaired) electrons. The lowest BCUT2D eigenvalue weighted by atomic mass is 10.0. The number of aromatic nitrogens is 2. The molecule has 0 unspecified atom stereocenters. The second-order valence-electron chi connectivity index (χ2n) is 9.85. The minimum atomic E-state index is -0.742. The van der Waals surface area contributed by atoms with E-state index in [-0.39, 0.29) is 5.91 Å². The van der Waals surface area contributed by atoms with Crippen LogP contribution in [0.15, 0.2) is 65.7 Å². The molecule has 0 spiro atoms. The number of hydrogen-bond acceptors (Lipinski definition) is 4. The summed E-state index contributed by atoms with van der Waals surface area (Å²) in [6.07, 6.45) is 2.39. The van der Waals surface area contributed by atoms with Gasteiger partial charge in [-0.15, -0.1) is 11.3 Å². The number of carbonyl (C=O) groups excluding carboxylic acids is 1. The highest BCUT2D eigenvalue weighted by Gasteiger charge is 2.42. The molecule has 0 N–H and O–H groups in total. The summed E-state index contributed by atoms with van der Waals surface area (Å²) < 4.78 is 1.84. The number of nitrogens with zero attached hydrogens (tertiary/aromatic N) is 4. The molecule has 5 rings (SSSR count). The van der Waals surface area contributed by atoms with Crippen LogP contribution in [-0.4, -0.2) is 39.0 Å². The van der Waals surface area contributed by atoms with Crippen molar-refractivity contribution in [3.05, 3.63) is 92.4 Å². The van der Waals surface area contributed by atoms with Crippen molar-refractivity contribution in [2.75, 3.05) is 7.05 Å². The van der Waals surface area contributed by atoms with Crippen molar-refractivity contribution in [2.24, 2.45) is 4.99 Å². The molecule has 4 aromatic rings. The van der Waals surface area contributed by atoms with Crippen LogP contribution in [0.3, 0.4) is 0 Å². The van der Waals surface area contributed by atoms with E-state index >= 15 is 0 Å². The number of thiophene rings is 1. The van der Waals surface area contributed by atoms with Gasteiger partial charge in [-0.3, -0.25) is 4.79 Å². The maximum absolute atomic E-state index is 12.7. The third-order valence-electron chi connectivity index (χ3n) is 7.01. The number of benzene rings is 2. The molecule has 2 aromatic heterocycles. The van der Waals surface area contributed by atoms with Crippen molar-refractivity contribution in [1.29, 1.82) is 0 Å². The quantitative estimate of drug-likeness (QED) is 0.198. The molecule has 1 aliphatic heterocycles. The van der Waals surface area contributed by atoms with Gasteiger partial charge in [0.25, 0.3) is 5.91 Å². The Bertz CT molecular complexity index is 1640. The normalized spacial score (nSPS) is 13.3. The topological polar surface area (TPSA) is 50.5 Å². The molecule has 2 aromatic carbocycles. The van der Waals surface area contributed by atoms with E-state index in [9.17, 15) is 4.79 Å². The van der Waals surface area contributed by atoms with E-state index in [4.69, 9.17) is 28.3 Å². The van der Waals surface area contributed by atoms with Gasteiger partial charge in [-0.05, 0) is 62.6 Å². The number of likely N-dealkylation sites (N-methyl/N-ethyl adjacent to an activating group) is 1. The molecule has 0 fully saturated rings. The second-order valence-corrected chi connectivity index (χ2v) is 11.8. The maximum atomic E-state index is 12.7. The van der Waals surface area contributed by atoms with Crippen LogP contribution >= 0.6 is 34.5 Å². The number of amidine groups is 1. The molecule has 5 nitrogen and oxygen atoms in total. The Hall–Kier alpha value is -3.37. The zero-order valence-corrected chi connectivity index (χ0v) is 28.6. The van der Waals surface area contributed by atoms with Crippen LogP contribution in [0.1, 0.15) is 76.6 Å². The van der Waals surface area contributed by atoms with E-state index in [1.54, 1.807) is 23.5 Å². The predicted molar refractivity (Wildman–Crippen MR) is 184 cm³/mol. The fourth-order valence-electron chi connectivity index (χ4n) is 4.51. The lowest BCUT2D eigenvalue weighted by Gasteiger charge is -2.27. The summed E-state index contributed by atoms with van der Waals surface area (Å²) in [5, 5.41) is 6.03. The summed E-state index contributed by atoms with van der Waals surface area (Å²) in [6.45, 7) is 13.8. The molecule has 0 saturated heterocycles.